The van der Waals surface area contributed by atoms with E-state index in [4.69, 9.17) is 0 Å². The van der Waals surface area contributed by atoms with E-state index >= 15 is 0 Å². The monoisotopic (exact) mass is 262 g/mol. The Labute approximate surface area is 116 Å². The fraction of sp³-hybridized carbons (Fsp3) is 0.733. The predicted octanol–water partition coefficient (Wildman–Crippen LogP) is 1.92. The zero-order chi connectivity index (χ0) is 13.5. The molecule has 4 nitrogen and oxygen atoms in total. The second kappa shape index (κ2) is 7.56. The summed E-state index contributed by atoms with van der Waals surface area (Å²) in [5, 5.41) is 11.9. The molecule has 0 spiro atoms. The molecule has 0 saturated carbocycles. The van der Waals surface area contributed by atoms with E-state index in [1.54, 1.807) is 0 Å². The van der Waals surface area contributed by atoms with Crippen molar-refractivity contribution >= 4 is 0 Å². The number of nitrogens with zero attached hydrogens (tertiary/aromatic N) is 3. The molecule has 0 aliphatic carbocycles. The summed E-state index contributed by atoms with van der Waals surface area (Å²) in [6.45, 7) is 9.97. The minimum absolute atomic E-state index is 0.916. The van der Waals surface area contributed by atoms with Crippen molar-refractivity contribution in [1.82, 2.24) is 20.4 Å². The van der Waals surface area contributed by atoms with Gasteiger partial charge in [-0.15, -0.1) is 0 Å². The van der Waals surface area contributed by atoms with Crippen LogP contribution in [0.5, 0.6) is 0 Å². The van der Waals surface area contributed by atoms with Crippen molar-refractivity contribution in [3.63, 3.8) is 0 Å². The molecule has 1 aliphatic rings. The summed E-state index contributed by atoms with van der Waals surface area (Å²) < 4.78 is 0. The van der Waals surface area contributed by atoms with Crippen molar-refractivity contribution in [2.45, 2.75) is 46.1 Å². The van der Waals surface area contributed by atoms with Crippen molar-refractivity contribution < 1.29 is 0 Å². The van der Waals surface area contributed by atoms with E-state index in [0.717, 1.165) is 30.9 Å². The molecule has 1 N–H and O–H groups in total. The van der Waals surface area contributed by atoms with Crippen LogP contribution in [0.3, 0.4) is 0 Å². The molecule has 4 heteroatoms. The molecule has 0 atom stereocenters. The van der Waals surface area contributed by atoms with E-state index in [1.165, 1.54) is 44.5 Å². The van der Waals surface area contributed by atoms with Crippen LogP contribution in [0, 0.1) is 6.92 Å². The third-order valence-corrected chi connectivity index (χ3v) is 3.76. The molecule has 0 bridgehead atoms. The summed E-state index contributed by atoms with van der Waals surface area (Å²) in [7, 11) is 0. The lowest BCUT2D eigenvalue weighted by molar-refractivity contribution is 0.331. The van der Waals surface area contributed by atoms with Crippen molar-refractivity contribution in [3.05, 3.63) is 23.0 Å². The van der Waals surface area contributed by atoms with Crippen molar-refractivity contribution in [3.8, 4) is 0 Å². The first kappa shape index (κ1) is 14.4. The summed E-state index contributed by atoms with van der Waals surface area (Å²) in [6, 6.07) is 2.15. The summed E-state index contributed by atoms with van der Waals surface area (Å²) >= 11 is 0. The molecule has 0 amide bonds. The smallest absolute Gasteiger partial charge is 0.0673 e. The fourth-order valence-corrected chi connectivity index (χ4v) is 2.68. The lowest BCUT2D eigenvalue weighted by Gasteiger charge is -2.14. The number of hydrogen-bond donors (Lipinski definition) is 1. The van der Waals surface area contributed by atoms with Gasteiger partial charge in [-0.2, -0.15) is 10.2 Å². The van der Waals surface area contributed by atoms with Crippen LogP contribution in [0.1, 0.15) is 43.1 Å². The standard InChI is InChI=1S/C15H26N4/c1-3-15-14(11-13(2)17-18-15)12-16-7-6-10-19-8-4-5-9-19/h11,16H,3-10,12H2,1-2H3. The third kappa shape index (κ3) is 4.55. The van der Waals surface area contributed by atoms with Gasteiger partial charge in [-0.1, -0.05) is 6.92 Å². The zero-order valence-corrected chi connectivity index (χ0v) is 12.3. The van der Waals surface area contributed by atoms with Crippen LogP contribution in [0.25, 0.3) is 0 Å². The van der Waals surface area contributed by atoms with Gasteiger partial charge in [-0.05, 0) is 70.4 Å². The van der Waals surface area contributed by atoms with Crippen molar-refractivity contribution in [1.29, 1.82) is 0 Å². The highest BCUT2D eigenvalue weighted by atomic mass is 15.1. The molecule has 0 radical (unpaired) electrons. The number of likely N-dealkylation sites (tertiary alicyclic amines) is 1. The number of hydrogen-bond acceptors (Lipinski definition) is 4. The Morgan fingerprint density at radius 1 is 1.26 bits per heavy atom. The molecule has 0 unspecified atom stereocenters. The summed E-state index contributed by atoms with van der Waals surface area (Å²) in [5.41, 5.74) is 3.43. The number of aryl methyl sites for hydroxylation is 2. The highest BCUT2D eigenvalue weighted by Gasteiger charge is 2.10. The van der Waals surface area contributed by atoms with Crippen LogP contribution in [-0.2, 0) is 13.0 Å². The Kier molecular flexibility index (Phi) is 5.73. The van der Waals surface area contributed by atoms with E-state index in [2.05, 4.69) is 33.4 Å². The molecule has 0 aromatic carbocycles. The number of aromatic nitrogens is 2. The van der Waals surface area contributed by atoms with E-state index in [-0.39, 0.29) is 0 Å². The first-order valence-corrected chi connectivity index (χ1v) is 7.54. The summed E-state index contributed by atoms with van der Waals surface area (Å²) in [4.78, 5) is 2.57. The van der Waals surface area contributed by atoms with Gasteiger partial charge in [0, 0.05) is 6.54 Å². The first-order chi connectivity index (χ1) is 9.29. The van der Waals surface area contributed by atoms with Crippen molar-refractivity contribution in [2.24, 2.45) is 0 Å². The molecule has 1 aromatic heterocycles. The SMILES string of the molecule is CCc1nnc(C)cc1CNCCCN1CCCC1. The molecule has 1 aliphatic heterocycles. The lowest BCUT2D eigenvalue weighted by atomic mass is 10.1. The Hall–Kier alpha value is -1.00. The summed E-state index contributed by atoms with van der Waals surface area (Å²) in [6.07, 6.45) is 4.96. The van der Waals surface area contributed by atoms with Gasteiger partial charge in [0.1, 0.15) is 0 Å². The van der Waals surface area contributed by atoms with Gasteiger partial charge in [0.15, 0.2) is 0 Å². The van der Waals surface area contributed by atoms with Crippen LogP contribution in [-0.4, -0.2) is 41.3 Å². The first-order valence-electron chi connectivity index (χ1n) is 7.54. The zero-order valence-electron chi connectivity index (χ0n) is 12.3. The Bertz CT molecular complexity index is 386. The molecular weight excluding hydrogens is 236 g/mol. The molecule has 19 heavy (non-hydrogen) atoms. The average Bonchev–Trinajstić information content (AvgIpc) is 2.92. The second-order valence-corrected chi connectivity index (χ2v) is 5.39. The highest BCUT2D eigenvalue weighted by molar-refractivity contribution is 5.20. The average molecular weight is 262 g/mol. The lowest BCUT2D eigenvalue weighted by Crippen LogP contribution is -2.25. The van der Waals surface area contributed by atoms with Gasteiger partial charge < -0.3 is 10.2 Å². The van der Waals surface area contributed by atoms with Crippen LogP contribution < -0.4 is 5.32 Å². The molecule has 2 rings (SSSR count). The largest absolute Gasteiger partial charge is 0.313 e. The highest BCUT2D eigenvalue weighted by Crippen LogP contribution is 2.08. The molecule has 106 valence electrons. The molecule has 1 aromatic rings. The number of rotatable bonds is 7. The van der Waals surface area contributed by atoms with Gasteiger partial charge in [-0.3, -0.25) is 0 Å². The van der Waals surface area contributed by atoms with Gasteiger partial charge in [-0.25, -0.2) is 0 Å². The van der Waals surface area contributed by atoms with Crippen molar-refractivity contribution in [2.75, 3.05) is 26.2 Å². The van der Waals surface area contributed by atoms with Crippen LogP contribution >= 0.6 is 0 Å². The van der Waals surface area contributed by atoms with Gasteiger partial charge in [0.25, 0.3) is 0 Å². The van der Waals surface area contributed by atoms with E-state index in [9.17, 15) is 0 Å². The fourth-order valence-electron chi connectivity index (χ4n) is 2.68. The normalized spacial score (nSPS) is 16.1. The van der Waals surface area contributed by atoms with E-state index in [0.29, 0.717) is 0 Å². The molecular formula is C15H26N4. The van der Waals surface area contributed by atoms with E-state index in [1.807, 2.05) is 6.92 Å². The second-order valence-electron chi connectivity index (χ2n) is 5.39. The minimum atomic E-state index is 0.916. The van der Waals surface area contributed by atoms with Crippen LogP contribution in [0.15, 0.2) is 6.07 Å². The van der Waals surface area contributed by atoms with Gasteiger partial charge in [0.2, 0.25) is 0 Å². The van der Waals surface area contributed by atoms with Gasteiger partial charge >= 0.3 is 0 Å². The maximum absolute atomic E-state index is 4.26. The molecule has 2 heterocycles. The van der Waals surface area contributed by atoms with Crippen LogP contribution in [0.2, 0.25) is 0 Å². The Morgan fingerprint density at radius 2 is 2.05 bits per heavy atom. The maximum atomic E-state index is 4.26. The molecule has 1 saturated heterocycles. The third-order valence-electron chi connectivity index (χ3n) is 3.76. The predicted molar refractivity (Wildman–Crippen MR) is 78.1 cm³/mol. The van der Waals surface area contributed by atoms with E-state index < -0.39 is 0 Å². The Morgan fingerprint density at radius 3 is 2.79 bits per heavy atom. The number of nitrogens with one attached hydrogen (secondary N) is 1. The van der Waals surface area contributed by atoms with Crippen LogP contribution in [0.4, 0.5) is 0 Å². The van der Waals surface area contributed by atoms with Gasteiger partial charge in [0.05, 0.1) is 11.4 Å². The topological polar surface area (TPSA) is 41.1 Å². The molecule has 1 fully saturated rings. The quantitative estimate of drug-likeness (QED) is 0.762. The summed E-state index contributed by atoms with van der Waals surface area (Å²) in [5.74, 6) is 0. The minimum Gasteiger partial charge on any atom is -0.313 e. The maximum Gasteiger partial charge on any atom is 0.0673 e. The Balaban J connectivity index is 1.68.